The number of fused-ring (bicyclic) bond motifs is 1. The van der Waals surface area contributed by atoms with Gasteiger partial charge in [-0.15, -0.1) is 0 Å². The number of anilines is 1. The second kappa shape index (κ2) is 11.8. The number of hydrogen-bond donors (Lipinski definition) is 1. The van der Waals surface area contributed by atoms with Crippen molar-refractivity contribution in [3.8, 4) is 12.1 Å². The number of hydrogen-bond acceptors (Lipinski definition) is 9. The molecule has 37 heavy (non-hydrogen) atoms. The summed E-state index contributed by atoms with van der Waals surface area (Å²) in [6, 6.07) is 12.4. The van der Waals surface area contributed by atoms with Crippen molar-refractivity contribution in [3.05, 3.63) is 47.2 Å². The highest BCUT2D eigenvalue weighted by Gasteiger charge is 2.34. The van der Waals surface area contributed by atoms with E-state index in [9.17, 15) is 10.1 Å². The Hall–Kier alpha value is -3.42. The van der Waals surface area contributed by atoms with Crippen molar-refractivity contribution < 1.29 is 14.3 Å². The molecule has 3 aliphatic heterocycles. The molecule has 5 rings (SSSR count). The van der Waals surface area contributed by atoms with Gasteiger partial charge in [0.05, 0.1) is 24.2 Å². The highest BCUT2D eigenvalue weighted by Crippen LogP contribution is 2.29. The molecule has 10 nitrogen and oxygen atoms in total. The summed E-state index contributed by atoms with van der Waals surface area (Å²) in [5.41, 5.74) is 3.02. The molecule has 0 bridgehead atoms. The quantitative estimate of drug-likeness (QED) is 0.607. The molecule has 1 amide bonds. The molecule has 10 heteroatoms. The van der Waals surface area contributed by atoms with Crippen molar-refractivity contribution in [1.29, 1.82) is 5.26 Å². The lowest BCUT2D eigenvalue weighted by Gasteiger charge is -2.41. The Balaban J connectivity index is 1.30. The van der Waals surface area contributed by atoms with Crippen molar-refractivity contribution in [2.45, 2.75) is 50.9 Å². The van der Waals surface area contributed by atoms with Gasteiger partial charge in [0, 0.05) is 37.8 Å². The lowest BCUT2D eigenvalue weighted by Crippen LogP contribution is -2.55. The van der Waals surface area contributed by atoms with Gasteiger partial charge in [-0.05, 0) is 45.0 Å². The van der Waals surface area contributed by atoms with Gasteiger partial charge in [0.15, 0.2) is 0 Å². The molecule has 2 fully saturated rings. The van der Waals surface area contributed by atoms with Gasteiger partial charge in [-0.2, -0.15) is 15.2 Å². The third-order valence-corrected chi connectivity index (χ3v) is 7.52. The molecule has 4 heterocycles. The fraction of sp³-hybridized carbons (Fsp3) is 0.556. The molecule has 196 valence electrons. The predicted octanol–water partition coefficient (Wildman–Crippen LogP) is 2.34. The van der Waals surface area contributed by atoms with E-state index in [2.05, 4.69) is 28.2 Å². The number of nitrogens with zero attached hydrogens (tertiary/aromatic N) is 6. The summed E-state index contributed by atoms with van der Waals surface area (Å²) in [7, 11) is 2.13. The summed E-state index contributed by atoms with van der Waals surface area (Å²) < 4.78 is 11.7. The van der Waals surface area contributed by atoms with E-state index in [1.165, 1.54) is 6.42 Å². The molecular formula is C27H35N7O3. The van der Waals surface area contributed by atoms with Crippen LogP contribution in [0.1, 0.15) is 36.1 Å². The lowest BCUT2D eigenvalue weighted by molar-refractivity contribution is 0.0767. The lowest BCUT2D eigenvalue weighted by atomic mass is 10.0. The van der Waals surface area contributed by atoms with E-state index in [0.717, 1.165) is 48.6 Å². The maximum absolute atomic E-state index is 12.9. The zero-order chi connectivity index (χ0) is 25.6. The largest absolute Gasteiger partial charge is 0.462 e. The molecule has 1 unspecified atom stereocenters. The fourth-order valence-electron chi connectivity index (χ4n) is 5.37. The Morgan fingerprint density at radius 1 is 1.19 bits per heavy atom. The monoisotopic (exact) mass is 505 g/mol. The Kier molecular flexibility index (Phi) is 8.02. The first-order chi connectivity index (χ1) is 18.1. The SMILES string of the molecule is CN1CCCC1COc1nc2c(c(N3CCN(C(=O)OCc4ccccc4)[C@@H](CC#N)C3)n1)CCNC2. The molecule has 1 aromatic heterocycles. The van der Waals surface area contributed by atoms with E-state index in [1.54, 1.807) is 4.90 Å². The number of carbonyl (C=O) groups is 1. The van der Waals surface area contributed by atoms with Gasteiger partial charge < -0.3 is 29.5 Å². The van der Waals surface area contributed by atoms with Crippen LogP contribution in [0, 0.1) is 11.3 Å². The van der Waals surface area contributed by atoms with Crippen LogP contribution >= 0.6 is 0 Å². The van der Waals surface area contributed by atoms with Crippen LogP contribution in [0.3, 0.4) is 0 Å². The van der Waals surface area contributed by atoms with Crippen molar-refractivity contribution >= 4 is 11.9 Å². The third kappa shape index (κ3) is 5.95. The Labute approximate surface area is 218 Å². The highest BCUT2D eigenvalue weighted by molar-refractivity contribution is 5.69. The molecule has 2 atom stereocenters. The number of likely N-dealkylation sites (tertiary alicyclic amines) is 1. The average molecular weight is 506 g/mol. The van der Waals surface area contributed by atoms with Crippen LogP contribution in [0.25, 0.3) is 0 Å². The summed E-state index contributed by atoms with van der Waals surface area (Å²) in [4.78, 5) is 28.7. The molecule has 0 saturated carbocycles. The predicted molar refractivity (Wildman–Crippen MR) is 138 cm³/mol. The highest BCUT2D eigenvalue weighted by atomic mass is 16.6. The summed E-state index contributed by atoms with van der Waals surface area (Å²) in [6.07, 6.45) is 2.97. The number of amides is 1. The van der Waals surface area contributed by atoms with Gasteiger partial charge in [0.25, 0.3) is 0 Å². The first kappa shape index (κ1) is 25.2. The number of rotatable bonds is 7. The van der Waals surface area contributed by atoms with Gasteiger partial charge in [-0.1, -0.05) is 30.3 Å². The molecule has 1 N–H and O–H groups in total. The van der Waals surface area contributed by atoms with Crippen LogP contribution in [0.2, 0.25) is 0 Å². The summed E-state index contributed by atoms with van der Waals surface area (Å²) in [6.45, 7) is 4.98. The number of carbonyl (C=O) groups excluding carboxylic acids is 1. The molecule has 0 radical (unpaired) electrons. The smallest absolute Gasteiger partial charge is 0.410 e. The zero-order valence-electron chi connectivity index (χ0n) is 21.4. The fourth-order valence-corrected chi connectivity index (χ4v) is 5.37. The van der Waals surface area contributed by atoms with Crippen LogP contribution in [-0.4, -0.2) is 84.3 Å². The molecule has 0 aliphatic carbocycles. The Morgan fingerprint density at radius 2 is 2.05 bits per heavy atom. The molecule has 3 aliphatic rings. The van der Waals surface area contributed by atoms with E-state index < -0.39 is 0 Å². The van der Waals surface area contributed by atoms with Gasteiger partial charge in [0.2, 0.25) is 0 Å². The first-order valence-electron chi connectivity index (χ1n) is 13.1. The van der Waals surface area contributed by atoms with Crippen LogP contribution < -0.4 is 15.0 Å². The van der Waals surface area contributed by atoms with Crippen LogP contribution in [0.5, 0.6) is 6.01 Å². The summed E-state index contributed by atoms with van der Waals surface area (Å²) >= 11 is 0. The molecule has 2 aromatic rings. The molecule has 1 aromatic carbocycles. The third-order valence-electron chi connectivity index (χ3n) is 7.52. The van der Waals surface area contributed by atoms with E-state index in [0.29, 0.717) is 44.8 Å². The van der Waals surface area contributed by atoms with Crippen molar-refractivity contribution in [2.75, 3.05) is 51.3 Å². The van der Waals surface area contributed by atoms with E-state index in [1.807, 2.05) is 30.3 Å². The summed E-state index contributed by atoms with van der Waals surface area (Å²) in [5.74, 6) is 0.863. The van der Waals surface area contributed by atoms with Crippen molar-refractivity contribution in [2.24, 2.45) is 0 Å². The van der Waals surface area contributed by atoms with Gasteiger partial charge >= 0.3 is 12.1 Å². The van der Waals surface area contributed by atoms with Crippen molar-refractivity contribution in [1.82, 2.24) is 25.1 Å². The minimum absolute atomic E-state index is 0.211. The molecular weight excluding hydrogens is 470 g/mol. The number of piperazine rings is 1. The molecule has 0 spiro atoms. The van der Waals surface area contributed by atoms with Gasteiger partial charge in [0.1, 0.15) is 19.0 Å². The first-order valence-corrected chi connectivity index (χ1v) is 13.1. The minimum Gasteiger partial charge on any atom is -0.462 e. The zero-order valence-corrected chi connectivity index (χ0v) is 21.4. The van der Waals surface area contributed by atoms with Crippen molar-refractivity contribution in [3.63, 3.8) is 0 Å². The normalized spacial score (nSPS) is 21.8. The standard InChI is InChI=1S/C27H35N7O3/c1-32-13-5-8-22(32)19-36-26-30-24-16-29-12-10-23(24)25(31-26)33-14-15-34(21(17-33)9-11-28)27(35)37-18-20-6-3-2-4-7-20/h2-4,6-7,21-22,29H,5,8-10,12-19H2,1H3/t21-,22?/m0/s1. The van der Waals surface area contributed by atoms with E-state index in [4.69, 9.17) is 19.4 Å². The number of nitriles is 1. The van der Waals surface area contributed by atoms with E-state index >= 15 is 0 Å². The van der Waals surface area contributed by atoms with Crippen LogP contribution in [0.4, 0.5) is 10.6 Å². The van der Waals surface area contributed by atoms with Crippen LogP contribution in [0.15, 0.2) is 30.3 Å². The minimum atomic E-state index is -0.387. The maximum atomic E-state index is 12.9. The number of nitrogens with one attached hydrogen (secondary N) is 1. The van der Waals surface area contributed by atoms with Gasteiger partial charge in [-0.3, -0.25) is 0 Å². The number of aromatic nitrogens is 2. The number of likely N-dealkylation sites (N-methyl/N-ethyl adjacent to an activating group) is 1. The average Bonchev–Trinajstić information content (AvgIpc) is 3.35. The van der Waals surface area contributed by atoms with Crippen LogP contribution in [-0.2, 0) is 24.3 Å². The van der Waals surface area contributed by atoms with Gasteiger partial charge in [-0.25, -0.2) is 4.79 Å². The maximum Gasteiger partial charge on any atom is 0.410 e. The molecule has 2 saturated heterocycles. The topological polar surface area (TPSA) is 107 Å². The summed E-state index contributed by atoms with van der Waals surface area (Å²) in [5, 5.41) is 12.9. The number of ether oxygens (including phenoxy) is 2. The number of benzene rings is 1. The second-order valence-corrected chi connectivity index (χ2v) is 9.97. The Bertz CT molecular complexity index is 1120. The Morgan fingerprint density at radius 3 is 2.84 bits per heavy atom. The second-order valence-electron chi connectivity index (χ2n) is 9.97. The van der Waals surface area contributed by atoms with E-state index in [-0.39, 0.29) is 25.2 Å².